The number of H-pyrrole nitrogens is 1. The van der Waals surface area contributed by atoms with Crippen LogP contribution in [0.5, 0.6) is 0 Å². The monoisotopic (exact) mass is 378 g/mol. The summed E-state index contributed by atoms with van der Waals surface area (Å²) < 4.78 is 0. The van der Waals surface area contributed by atoms with E-state index in [1.54, 1.807) is 0 Å². The van der Waals surface area contributed by atoms with E-state index in [4.69, 9.17) is 11.6 Å². The number of para-hydroxylation sites is 1. The molecule has 1 fully saturated rings. The lowest BCUT2D eigenvalue weighted by Crippen LogP contribution is -2.35. The molecule has 27 heavy (non-hydrogen) atoms. The van der Waals surface area contributed by atoms with Crippen LogP contribution in [0.3, 0.4) is 0 Å². The fraction of sp³-hybridized carbons (Fsp3) is 0.238. The summed E-state index contributed by atoms with van der Waals surface area (Å²) in [6, 6.07) is 17.3. The lowest BCUT2D eigenvalue weighted by molar-refractivity contribution is 0.0762. The van der Waals surface area contributed by atoms with Crippen molar-refractivity contribution < 1.29 is 4.79 Å². The highest BCUT2D eigenvalue weighted by molar-refractivity contribution is 6.31. The fourth-order valence-corrected chi connectivity index (χ4v) is 3.77. The molecule has 2 heterocycles. The van der Waals surface area contributed by atoms with Crippen molar-refractivity contribution in [3.8, 4) is 6.07 Å². The van der Waals surface area contributed by atoms with Crippen molar-refractivity contribution in [1.82, 2.24) is 9.88 Å². The summed E-state index contributed by atoms with van der Waals surface area (Å²) in [7, 11) is 0. The largest absolute Gasteiger partial charge is 0.369 e. The molecule has 2 aromatic carbocycles. The van der Waals surface area contributed by atoms with Gasteiger partial charge in [-0.05, 0) is 42.8 Å². The number of nitrogens with zero attached hydrogens (tertiary/aromatic N) is 3. The van der Waals surface area contributed by atoms with Gasteiger partial charge in [0.25, 0.3) is 5.91 Å². The Balaban J connectivity index is 1.52. The summed E-state index contributed by atoms with van der Waals surface area (Å²) in [5, 5.41) is 10.9. The quantitative estimate of drug-likeness (QED) is 0.731. The van der Waals surface area contributed by atoms with E-state index >= 15 is 0 Å². The molecule has 1 amide bonds. The minimum atomic E-state index is -0.00209. The number of rotatable bonds is 2. The molecule has 1 aromatic heterocycles. The van der Waals surface area contributed by atoms with E-state index in [2.05, 4.69) is 16.0 Å². The number of hydrogen-bond donors (Lipinski definition) is 1. The zero-order valence-electron chi connectivity index (χ0n) is 14.8. The highest BCUT2D eigenvalue weighted by atomic mass is 35.5. The second kappa shape index (κ2) is 7.34. The number of carbonyl (C=O) groups excluding carboxylic acids is 1. The summed E-state index contributed by atoms with van der Waals surface area (Å²) in [6.07, 6.45) is 0.859. The molecule has 6 heteroatoms. The van der Waals surface area contributed by atoms with Gasteiger partial charge in [-0.15, -0.1) is 0 Å². The average Bonchev–Trinajstić information content (AvgIpc) is 2.95. The number of anilines is 1. The summed E-state index contributed by atoms with van der Waals surface area (Å²) in [6.45, 7) is 2.84. The zero-order chi connectivity index (χ0) is 18.8. The van der Waals surface area contributed by atoms with Crippen LogP contribution in [0.4, 0.5) is 5.69 Å². The van der Waals surface area contributed by atoms with E-state index in [9.17, 15) is 10.1 Å². The van der Waals surface area contributed by atoms with E-state index in [0.717, 1.165) is 29.6 Å². The van der Waals surface area contributed by atoms with Crippen LogP contribution in [0.25, 0.3) is 10.9 Å². The second-order valence-electron chi connectivity index (χ2n) is 6.68. The minimum Gasteiger partial charge on any atom is -0.369 e. The van der Waals surface area contributed by atoms with E-state index < -0.39 is 0 Å². The first-order valence-electron chi connectivity index (χ1n) is 8.97. The number of fused-ring (bicyclic) bond motifs is 1. The topological polar surface area (TPSA) is 63.1 Å². The molecule has 0 atom stereocenters. The van der Waals surface area contributed by atoms with E-state index in [1.807, 2.05) is 53.4 Å². The first-order chi connectivity index (χ1) is 13.2. The van der Waals surface area contributed by atoms with Crippen molar-refractivity contribution in [3.05, 3.63) is 64.8 Å². The van der Waals surface area contributed by atoms with Gasteiger partial charge in [-0.3, -0.25) is 4.79 Å². The van der Waals surface area contributed by atoms with Gasteiger partial charge >= 0.3 is 0 Å². The number of carbonyl (C=O) groups is 1. The minimum absolute atomic E-state index is 0.00209. The lowest BCUT2D eigenvalue weighted by atomic mass is 10.1. The molecule has 1 aliphatic rings. The Morgan fingerprint density at radius 3 is 2.78 bits per heavy atom. The normalized spacial score (nSPS) is 14.8. The number of aromatic amines is 1. The van der Waals surface area contributed by atoms with E-state index in [1.165, 1.54) is 0 Å². The molecular weight excluding hydrogens is 360 g/mol. The SMILES string of the molecule is N#Cc1ccccc1N1CCCN(C(=O)c2cc3cc(Cl)ccc3[nH]2)CC1. The fourth-order valence-electron chi connectivity index (χ4n) is 3.59. The summed E-state index contributed by atoms with van der Waals surface area (Å²) in [4.78, 5) is 20.2. The molecule has 1 saturated heterocycles. The smallest absolute Gasteiger partial charge is 0.270 e. The molecule has 136 valence electrons. The molecule has 0 radical (unpaired) electrons. The third-order valence-electron chi connectivity index (χ3n) is 4.96. The molecule has 0 saturated carbocycles. The third kappa shape index (κ3) is 3.49. The zero-order valence-corrected chi connectivity index (χ0v) is 15.5. The Bertz CT molecular complexity index is 1040. The van der Waals surface area contributed by atoms with Crippen LogP contribution in [-0.2, 0) is 0 Å². The standard InChI is InChI=1S/C21H19ClN4O/c22-17-6-7-18-16(12-17)13-19(24-18)21(27)26-9-3-8-25(10-11-26)20-5-2-1-4-15(20)14-23/h1-2,4-7,12-13,24H,3,8-11H2. The van der Waals surface area contributed by atoms with Crippen LogP contribution in [0, 0.1) is 11.3 Å². The van der Waals surface area contributed by atoms with E-state index in [-0.39, 0.29) is 5.91 Å². The van der Waals surface area contributed by atoms with Gasteiger partial charge in [-0.25, -0.2) is 0 Å². The van der Waals surface area contributed by atoms with Gasteiger partial charge in [0.05, 0.1) is 11.3 Å². The van der Waals surface area contributed by atoms with Crippen molar-refractivity contribution in [3.63, 3.8) is 0 Å². The number of halogens is 1. The predicted molar refractivity (Wildman–Crippen MR) is 107 cm³/mol. The highest BCUT2D eigenvalue weighted by Gasteiger charge is 2.22. The van der Waals surface area contributed by atoms with Gasteiger partial charge in [-0.2, -0.15) is 5.26 Å². The molecular formula is C21H19ClN4O. The molecule has 3 aromatic rings. The van der Waals surface area contributed by atoms with Gasteiger partial charge in [0.1, 0.15) is 11.8 Å². The van der Waals surface area contributed by atoms with Crippen LogP contribution < -0.4 is 4.90 Å². The van der Waals surface area contributed by atoms with Crippen LogP contribution in [-0.4, -0.2) is 42.0 Å². The van der Waals surface area contributed by atoms with Crippen molar-refractivity contribution in [2.75, 3.05) is 31.1 Å². The number of aromatic nitrogens is 1. The van der Waals surface area contributed by atoms with Gasteiger partial charge in [-0.1, -0.05) is 23.7 Å². The van der Waals surface area contributed by atoms with Crippen LogP contribution in [0.2, 0.25) is 5.02 Å². The maximum absolute atomic E-state index is 13.0. The number of hydrogen-bond acceptors (Lipinski definition) is 3. The molecule has 1 aliphatic heterocycles. The molecule has 4 rings (SSSR count). The summed E-state index contributed by atoms with van der Waals surface area (Å²) in [5.41, 5.74) is 3.10. The van der Waals surface area contributed by atoms with Gasteiger partial charge < -0.3 is 14.8 Å². The predicted octanol–water partition coefficient (Wildman–Crippen LogP) is 4.05. The van der Waals surface area contributed by atoms with Gasteiger partial charge in [0.15, 0.2) is 0 Å². The molecule has 0 spiro atoms. The number of amides is 1. The maximum atomic E-state index is 13.0. The molecule has 0 unspecified atom stereocenters. The number of nitriles is 1. The summed E-state index contributed by atoms with van der Waals surface area (Å²) >= 11 is 6.04. The molecule has 0 aliphatic carbocycles. The Morgan fingerprint density at radius 2 is 1.93 bits per heavy atom. The summed E-state index contributed by atoms with van der Waals surface area (Å²) in [5.74, 6) is -0.00209. The second-order valence-corrected chi connectivity index (χ2v) is 7.11. The Kier molecular flexibility index (Phi) is 4.74. The van der Waals surface area contributed by atoms with Crippen molar-refractivity contribution in [2.24, 2.45) is 0 Å². The van der Waals surface area contributed by atoms with Crippen LogP contribution in [0.15, 0.2) is 48.5 Å². The molecule has 0 bridgehead atoms. The van der Waals surface area contributed by atoms with Crippen molar-refractivity contribution in [1.29, 1.82) is 5.26 Å². The maximum Gasteiger partial charge on any atom is 0.270 e. The lowest BCUT2D eigenvalue weighted by Gasteiger charge is -2.24. The number of nitrogens with one attached hydrogen (secondary N) is 1. The first kappa shape index (κ1) is 17.4. The molecule has 5 nitrogen and oxygen atoms in total. The van der Waals surface area contributed by atoms with Crippen molar-refractivity contribution in [2.45, 2.75) is 6.42 Å². The average molecular weight is 379 g/mol. The van der Waals surface area contributed by atoms with Gasteiger partial charge in [0.2, 0.25) is 0 Å². The van der Waals surface area contributed by atoms with E-state index in [0.29, 0.717) is 35.9 Å². The van der Waals surface area contributed by atoms with Crippen molar-refractivity contribution >= 4 is 34.1 Å². The Hall–Kier alpha value is -2.97. The number of benzene rings is 2. The first-order valence-corrected chi connectivity index (χ1v) is 9.35. The highest BCUT2D eigenvalue weighted by Crippen LogP contribution is 2.23. The molecule has 1 N–H and O–H groups in total. The Morgan fingerprint density at radius 1 is 1.07 bits per heavy atom. The Labute approximate surface area is 162 Å². The van der Waals surface area contributed by atoms with Crippen LogP contribution in [0.1, 0.15) is 22.5 Å². The third-order valence-corrected chi connectivity index (χ3v) is 5.20. The van der Waals surface area contributed by atoms with Gasteiger partial charge in [0, 0.05) is 42.1 Å². The van der Waals surface area contributed by atoms with Crippen LogP contribution >= 0.6 is 11.6 Å².